The summed E-state index contributed by atoms with van der Waals surface area (Å²) < 4.78 is 6.61. The van der Waals surface area contributed by atoms with E-state index in [2.05, 4.69) is 33.2 Å². The minimum absolute atomic E-state index is 0.790. The van der Waals surface area contributed by atoms with Gasteiger partial charge in [-0.05, 0) is 34.6 Å². The maximum atomic E-state index is 5.65. The normalized spacial score (nSPS) is 11.1. The molecule has 0 aliphatic rings. The summed E-state index contributed by atoms with van der Waals surface area (Å²) in [6.45, 7) is 3.97. The molecule has 0 aliphatic heterocycles. The molecular weight excluding hydrogens is 256 g/mol. The van der Waals surface area contributed by atoms with Crippen LogP contribution in [0.4, 0.5) is 0 Å². The molecule has 0 bridgehead atoms. The number of aromatic nitrogens is 1. The van der Waals surface area contributed by atoms with Crippen LogP contribution in [0.25, 0.3) is 11.1 Å². The SMILES string of the molecule is CCNCCc1nc2cccc(Br)c2o1. The number of nitrogens with zero attached hydrogens (tertiary/aromatic N) is 1. The Morgan fingerprint density at radius 1 is 1.47 bits per heavy atom. The predicted molar refractivity (Wildman–Crippen MR) is 64.0 cm³/mol. The second-order valence-electron chi connectivity index (χ2n) is 3.30. The zero-order valence-corrected chi connectivity index (χ0v) is 10.2. The van der Waals surface area contributed by atoms with E-state index in [9.17, 15) is 0 Å². The first-order valence-electron chi connectivity index (χ1n) is 5.06. The average molecular weight is 269 g/mol. The van der Waals surface area contributed by atoms with Crippen molar-refractivity contribution in [1.29, 1.82) is 0 Å². The third-order valence-electron chi connectivity index (χ3n) is 2.18. The molecule has 3 nitrogen and oxygen atoms in total. The molecule has 15 heavy (non-hydrogen) atoms. The molecule has 0 spiro atoms. The Labute approximate surface area is 97.0 Å². The molecule has 80 valence electrons. The van der Waals surface area contributed by atoms with Crippen LogP contribution in [0.2, 0.25) is 0 Å². The number of halogens is 1. The first kappa shape index (κ1) is 10.6. The summed E-state index contributed by atoms with van der Waals surface area (Å²) >= 11 is 3.44. The number of rotatable bonds is 4. The Bertz CT molecular complexity index is 453. The van der Waals surface area contributed by atoms with Crippen LogP contribution in [-0.2, 0) is 6.42 Å². The Morgan fingerprint density at radius 2 is 2.33 bits per heavy atom. The molecule has 0 radical (unpaired) electrons. The smallest absolute Gasteiger partial charge is 0.196 e. The summed E-state index contributed by atoms with van der Waals surface area (Å²) in [5, 5.41) is 3.24. The summed E-state index contributed by atoms with van der Waals surface area (Å²) in [6.07, 6.45) is 0.828. The maximum absolute atomic E-state index is 5.65. The minimum Gasteiger partial charge on any atom is -0.439 e. The number of hydrogen-bond donors (Lipinski definition) is 1. The quantitative estimate of drug-likeness (QED) is 0.867. The van der Waals surface area contributed by atoms with Gasteiger partial charge in [-0.25, -0.2) is 4.98 Å². The molecule has 0 unspecified atom stereocenters. The molecule has 0 saturated heterocycles. The van der Waals surface area contributed by atoms with Gasteiger partial charge in [-0.15, -0.1) is 0 Å². The molecule has 2 aromatic rings. The highest BCUT2D eigenvalue weighted by Crippen LogP contribution is 2.24. The van der Waals surface area contributed by atoms with Crippen LogP contribution < -0.4 is 5.32 Å². The number of benzene rings is 1. The molecule has 1 aromatic carbocycles. The van der Waals surface area contributed by atoms with Crippen molar-refractivity contribution < 1.29 is 4.42 Å². The lowest BCUT2D eigenvalue weighted by atomic mass is 10.3. The van der Waals surface area contributed by atoms with E-state index in [1.165, 1.54) is 0 Å². The number of fused-ring (bicyclic) bond motifs is 1. The molecule has 0 fully saturated rings. The van der Waals surface area contributed by atoms with Crippen molar-refractivity contribution >= 4 is 27.0 Å². The van der Waals surface area contributed by atoms with Gasteiger partial charge in [0.05, 0.1) is 4.47 Å². The fourth-order valence-corrected chi connectivity index (χ4v) is 1.88. The molecule has 4 heteroatoms. The zero-order chi connectivity index (χ0) is 10.7. The number of hydrogen-bond acceptors (Lipinski definition) is 3. The van der Waals surface area contributed by atoms with E-state index in [1.807, 2.05) is 18.2 Å². The Kier molecular flexibility index (Phi) is 3.38. The second kappa shape index (κ2) is 4.77. The Hall–Kier alpha value is -0.870. The van der Waals surface area contributed by atoms with Gasteiger partial charge in [0.2, 0.25) is 0 Å². The molecule has 0 amide bonds. The van der Waals surface area contributed by atoms with Crippen LogP contribution in [0.15, 0.2) is 27.1 Å². The molecule has 1 N–H and O–H groups in total. The first-order chi connectivity index (χ1) is 7.31. The zero-order valence-electron chi connectivity index (χ0n) is 8.59. The fourth-order valence-electron chi connectivity index (χ4n) is 1.44. The van der Waals surface area contributed by atoms with E-state index in [0.29, 0.717) is 0 Å². The Morgan fingerprint density at radius 3 is 3.07 bits per heavy atom. The van der Waals surface area contributed by atoms with Crippen molar-refractivity contribution in [3.05, 3.63) is 28.6 Å². The monoisotopic (exact) mass is 268 g/mol. The van der Waals surface area contributed by atoms with Gasteiger partial charge in [-0.2, -0.15) is 0 Å². The van der Waals surface area contributed by atoms with E-state index >= 15 is 0 Å². The van der Waals surface area contributed by atoms with E-state index < -0.39 is 0 Å². The molecule has 0 saturated carbocycles. The molecular formula is C11H13BrN2O. The minimum atomic E-state index is 0.790. The van der Waals surface area contributed by atoms with Crippen molar-refractivity contribution in [2.45, 2.75) is 13.3 Å². The van der Waals surface area contributed by atoms with Crippen LogP contribution >= 0.6 is 15.9 Å². The molecule has 1 aromatic heterocycles. The summed E-state index contributed by atoms with van der Waals surface area (Å²) in [7, 11) is 0. The van der Waals surface area contributed by atoms with E-state index in [0.717, 1.165) is 41.0 Å². The van der Waals surface area contributed by atoms with Gasteiger partial charge < -0.3 is 9.73 Å². The van der Waals surface area contributed by atoms with Crippen LogP contribution in [0.1, 0.15) is 12.8 Å². The standard InChI is InChI=1S/C11H13BrN2O/c1-2-13-7-6-10-14-9-5-3-4-8(12)11(9)15-10/h3-5,13H,2,6-7H2,1H3. The van der Waals surface area contributed by atoms with Crippen LogP contribution in [0.5, 0.6) is 0 Å². The van der Waals surface area contributed by atoms with Gasteiger partial charge in [0, 0.05) is 13.0 Å². The van der Waals surface area contributed by atoms with Crippen molar-refractivity contribution in [2.24, 2.45) is 0 Å². The van der Waals surface area contributed by atoms with Crippen molar-refractivity contribution in [2.75, 3.05) is 13.1 Å². The van der Waals surface area contributed by atoms with Crippen LogP contribution in [-0.4, -0.2) is 18.1 Å². The van der Waals surface area contributed by atoms with Gasteiger partial charge in [0.25, 0.3) is 0 Å². The van der Waals surface area contributed by atoms with Crippen molar-refractivity contribution in [3.63, 3.8) is 0 Å². The average Bonchev–Trinajstić information content (AvgIpc) is 2.63. The third-order valence-corrected chi connectivity index (χ3v) is 2.80. The lowest BCUT2D eigenvalue weighted by Gasteiger charge is -1.96. The highest BCUT2D eigenvalue weighted by Gasteiger charge is 2.07. The van der Waals surface area contributed by atoms with Crippen molar-refractivity contribution in [3.8, 4) is 0 Å². The van der Waals surface area contributed by atoms with Gasteiger partial charge in [0.1, 0.15) is 5.52 Å². The van der Waals surface area contributed by atoms with Gasteiger partial charge in [0.15, 0.2) is 11.5 Å². The molecule has 1 heterocycles. The Balaban J connectivity index is 2.20. The largest absolute Gasteiger partial charge is 0.439 e. The van der Waals surface area contributed by atoms with E-state index in [4.69, 9.17) is 4.42 Å². The first-order valence-corrected chi connectivity index (χ1v) is 5.85. The van der Waals surface area contributed by atoms with Crippen molar-refractivity contribution in [1.82, 2.24) is 10.3 Å². The summed E-state index contributed by atoms with van der Waals surface area (Å²) in [6, 6.07) is 5.88. The fraction of sp³-hybridized carbons (Fsp3) is 0.364. The number of likely N-dealkylation sites (N-methyl/N-ethyl adjacent to an activating group) is 1. The number of nitrogens with one attached hydrogen (secondary N) is 1. The topological polar surface area (TPSA) is 38.1 Å². The second-order valence-corrected chi connectivity index (χ2v) is 4.15. The van der Waals surface area contributed by atoms with E-state index in [1.54, 1.807) is 0 Å². The number of oxazole rings is 1. The maximum Gasteiger partial charge on any atom is 0.196 e. The lowest BCUT2D eigenvalue weighted by molar-refractivity contribution is 0.516. The van der Waals surface area contributed by atoms with Gasteiger partial charge >= 0.3 is 0 Å². The lowest BCUT2D eigenvalue weighted by Crippen LogP contribution is -2.16. The van der Waals surface area contributed by atoms with E-state index in [-0.39, 0.29) is 0 Å². The summed E-state index contributed by atoms with van der Waals surface area (Å²) in [4.78, 5) is 4.41. The summed E-state index contributed by atoms with van der Waals surface area (Å²) in [5.74, 6) is 0.790. The van der Waals surface area contributed by atoms with Gasteiger partial charge in [-0.1, -0.05) is 13.0 Å². The highest BCUT2D eigenvalue weighted by molar-refractivity contribution is 9.10. The summed E-state index contributed by atoms with van der Waals surface area (Å²) in [5.41, 5.74) is 1.75. The highest BCUT2D eigenvalue weighted by atomic mass is 79.9. The predicted octanol–water partition coefficient (Wildman–Crippen LogP) is 2.74. The van der Waals surface area contributed by atoms with Crippen LogP contribution in [0, 0.1) is 0 Å². The molecule has 2 rings (SSSR count). The molecule has 0 aliphatic carbocycles. The third kappa shape index (κ3) is 2.38. The van der Waals surface area contributed by atoms with Crippen LogP contribution in [0.3, 0.4) is 0 Å². The number of para-hydroxylation sites is 1. The van der Waals surface area contributed by atoms with Gasteiger partial charge in [-0.3, -0.25) is 0 Å². The molecule has 0 atom stereocenters.